The quantitative estimate of drug-likeness (QED) is 0.592. The Hall–Kier alpha value is -3.12. The first-order chi connectivity index (χ1) is 13.2. The number of amides is 1. The Morgan fingerprint density at radius 3 is 2.67 bits per heavy atom. The van der Waals surface area contributed by atoms with Gasteiger partial charge in [-0.15, -0.1) is 0 Å². The van der Waals surface area contributed by atoms with Gasteiger partial charge in [0.2, 0.25) is 0 Å². The molecule has 0 saturated heterocycles. The average molecular weight is 365 g/mol. The van der Waals surface area contributed by atoms with E-state index in [1.54, 1.807) is 13.3 Å². The number of aromatic nitrogens is 2. The van der Waals surface area contributed by atoms with Crippen LogP contribution >= 0.6 is 0 Å². The smallest absolute Gasteiger partial charge is 0.251 e. The van der Waals surface area contributed by atoms with Crippen LogP contribution in [0.5, 0.6) is 5.75 Å². The summed E-state index contributed by atoms with van der Waals surface area (Å²) in [7, 11) is 1.64. The van der Waals surface area contributed by atoms with Crippen molar-refractivity contribution in [3.8, 4) is 5.75 Å². The van der Waals surface area contributed by atoms with Crippen molar-refractivity contribution in [1.82, 2.24) is 15.1 Å². The first-order valence-corrected chi connectivity index (χ1v) is 8.80. The SMILES string of the molecule is COCCOc1cccc(CNC(=O)c2ccc(Cn3cccn3)cc2)c1. The third kappa shape index (κ3) is 5.69. The molecule has 2 aromatic carbocycles. The molecular formula is C21H23N3O3. The Balaban J connectivity index is 1.52. The maximum absolute atomic E-state index is 12.4. The maximum atomic E-state index is 12.4. The largest absolute Gasteiger partial charge is 0.491 e. The molecule has 3 rings (SSSR count). The molecule has 1 amide bonds. The molecule has 0 aliphatic carbocycles. The van der Waals surface area contributed by atoms with E-state index in [4.69, 9.17) is 9.47 Å². The molecule has 0 aliphatic rings. The lowest BCUT2D eigenvalue weighted by Gasteiger charge is -2.09. The third-order valence-electron chi connectivity index (χ3n) is 4.03. The van der Waals surface area contributed by atoms with E-state index in [-0.39, 0.29) is 5.91 Å². The van der Waals surface area contributed by atoms with Gasteiger partial charge in [0.25, 0.3) is 5.91 Å². The molecule has 0 radical (unpaired) electrons. The molecule has 3 aromatic rings. The topological polar surface area (TPSA) is 65.4 Å². The van der Waals surface area contributed by atoms with E-state index in [0.717, 1.165) is 16.9 Å². The lowest BCUT2D eigenvalue weighted by Crippen LogP contribution is -2.22. The van der Waals surface area contributed by atoms with Crippen molar-refractivity contribution in [2.75, 3.05) is 20.3 Å². The Bertz CT molecular complexity index is 845. The van der Waals surface area contributed by atoms with Crippen LogP contribution in [0.1, 0.15) is 21.5 Å². The molecule has 0 bridgehead atoms. The molecule has 0 saturated carbocycles. The molecule has 0 unspecified atom stereocenters. The van der Waals surface area contributed by atoms with Crippen LogP contribution in [0.3, 0.4) is 0 Å². The number of hydrogen-bond donors (Lipinski definition) is 1. The van der Waals surface area contributed by atoms with Crippen LogP contribution in [0.2, 0.25) is 0 Å². The van der Waals surface area contributed by atoms with Gasteiger partial charge in [-0.3, -0.25) is 9.48 Å². The van der Waals surface area contributed by atoms with E-state index in [2.05, 4.69) is 10.4 Å². The van der Waals surface area contributed by atoms with Crippen molar-refractivity contribution in [3.63, 3.8) is 0 Å². The molecule has 0 aliphatic heterocycles. The van der Waals surface area contributed by atoms with Gasteiger partial charge in [0.15, 0.2) is 0 Å². The predicted molar refractivity (Wildman–Crippen MR) is 103 cm³/mol. The summed E-state index contributed by atoms with van der Waals surface area (Å²) in [5, 5.41) is 7.12. The fourth-order valence-corrected chi connectivity index (χ4v) is 2.62. The molecule has 0 atom stereocenters. The standard InChI is InChI=1S/C21H23N3O3/c1-26-12-13-27-20-5-2-4-18(14-20)15-22-21(25)19-8-6-17(7-9-19)16-24-11-3-10-23-24/h2-11,14H,12-13,15-16H2,1H3,(H,22,25). The molecule has 0 spiro atoms. The maximum Gasteiger partial charge on any atom is 0.251 e. The van der Waals surface area contributed by atoms with E-state index in [9.17, 15) is 4.79 Å². The van der Waals surface area contributed by atoms with Gasteiger partial charge in [0.1, 0.15) is 12.4 Å². The summed E-state index contributed by atoms with van der Waals surface area (Å²) >= 11 is 0. The van der Waals surface area contributed by atoms with Gasteiger partial charge in [-0.2, -0.15) is 5.10 Å². The summed E-state index contributed by atoms with van der Waals surface area (Å²) in [4.78, 5) is 12.4. The van der Waals surface area contributed by atoms with Crippen molar-refractivity contribution >= 4 is 5.91 Å². The molecule has 27 heavy (non-hydrogen) atoms. The van der Waals surface area contributed by atoms with Crippen molar-refractivity contribution < 1.29 is 14.3 Å². The van der Waals surface area contributed by atoms with Gasteiger partial charge in [-0.25, -0.2) is 0 Å². The van der Waals surface area contributed by atoms with Crippen LogP contribution in [0.15, 0.2) is 67.0 Å². The summed E-state index contributed by atoms with van der Waals surface area (Å²) < 4.78 is 12.4. The van der Waals surface area contributed by atoms with Gasteiger partial charge < -0.3 is 14.8 Å². The van der Waals surface area contributed by atoms with Crippen LogP contribution in [0.25, 0.3) is 0 Å². The van der Waals surface area contributed by atoms with Gasteiger partial charge in [0.05, 0.1) is 13.2 Å². The number of nitrogens with one attached hydrogen (secondary N) is 1. The lowest BCUT2D eigenvalue weighted by atomic mass is 10.1. The summed E-state index contributed by atoms with van der Waals surface area (Å²) in [6.45, 7) is 2.16. The normalized spacial score (nSPS) is 10.6. The third-order valence-corrected chi connectivity index (χ3v) is 4.03. The predicted octanol–water partition coefficient (Wildman–Crippen LogP) is 2.89. The van der Waals surface area contributed by atoms with E-state index in [1.165, 1.54) is 0 Å². The molecule has 1 heterocycles. The summed E-state index contributed by atoms with van der Waals surface area (Å²) in [5.74, 6) is 0.660. The number of rotatable bonds is 9. The molecule has 0 fully saturated rings. The number of carbonyl (C=O) groups excluding carboxylic acids is 1. The number of carbonyl (C=O) groups is 1. The first kappa shape index (κ1) is 18.7. The van der Waals surface area contributed by atoms with E-state index >= 15 is 0 Å². The van der Waals surface area contributed by atoms with Crippen LogP contribution in [-0.4, -0.2) is 36.0 Å². The highest BCUT2D eigenvalue weighted by Crippen LogP contribution is 2.13. The summed E-state index contributed by atoms with van der Waals surface area (Å²) in [6, 6.07) is 17.1. The molecule has 1 N–H and O–H groups in total. The zero-order valence-electron chi connectivity index (χ0n) is 15.3. The first-order valence-electron chi connectivity index (χ1n) is 8.80. The minimum Gasteiger partial charge on any atom is -0.491 e. The Morgan fingerprint density at radius 1 is 1.07 bits per heavy atom. The second-order valence-corrected chi connectivity index (χ2v) is 6.07. The number of nitrogens with zero attached hydrogens (tertiary/aromatic N) is 2. The van der Waals surface area contributed by atoms with Crippen molar-refractivity contribution in [3.05, 3.63) is 83.7 Å². The fourth-order valence-electron chi connectivity index (χ4n) is 2.62. The van der Waals surface area contributed by atoms with Gasteiger partial charge in [0, 0.05) is 31.6 Å². The molecule has 140 valence electrons. The van der Waals surface area contributed by atoms with Crippen molar-refractivity contribution in [1.29, 1.82) is 0 Å². The highest BCUT2D eigenvalue weighted by molar-refractivity contribution is 5.94. The second-order valence-electron chi connectivity index (χ2n) is 6.07. The van der Waals surface area contributed by atoms with Gasteiger partial charge >= 0.3 is 0 Å². The fraction of sp³-hybridized carbons (Fsp3) is 0.238. The van der Waals surface area contributed by atoms with E-state index < -0.39 is 0 Å². The molecular weight excluding hydrogens is 342 g/mol. The second kappa shape index (κ2) is 9.54. The summed E-state index contributed by atoms with van der Waals surface area (Å²) in [5.41, 5.74) is 2.71. The number of ether oxygens (including phenoxy) is 2. The molecule has 6 heteroatoms. The Morgan fingerprint density at radius 2 is 1.93 bits per heavy atom. The van der Waals surface area contributed by atoms with E-state index in [1.807, 2.05) is 65.5 Å². The highest BCUT2D eigenvalue weighted by atomic mass is 16.5. The van der Waals surface area contributed by atoms with Crippen LogP contribution in [0, 0.1) is 0 Å². The van der Waals surface area contributed by atoms with Crippen LogP contribution in [0.4, 0.5) is 0 Å². The highest BCUT2D eigenvalue weighted by Gasteiger charge is 2.06. The minimum atomic E-state index is -0.105. The number of hydrogen-bond acceptors (Lipinski definition) is 4. The Kier molecular flexibility index (Phi) is 6.60. The van der Waals surface area contributed by atoms with Crippen molar-refractivity contribution in [2.24, 2.45) is 0 Å². The zero-order chi connectivity index (χ0) is 18.9. The van der Waals surface area contributed by atoms with Gasteiger partial charge in [-0.1, -0.05) is 24.3 Å². The molecule has 1 aromatic heterocycles. The Labute approximate surface area is 158 Å². The van der Waals surface area contributed by atoms with Crippen LogP contribution < -0.4 is 10.1 Å². The summed E-state index contributed by atoms with van der Waals surface area (Å²) in [6.07, 6.45) is 3.66. The number of benzene rings is 2. The monoisotopic (exact) mass is 365 g/mol. The van der Waals surface area contributed by atoms with E-state index in [0.29, 0.717) is 31.9 Å². The zero-order valence-corrected chi connectivity index (χ0v) is 15.3. The van der Waals surface area contributed by atoms with Crippen LogP contribution in [-0.2, 0) is 17.8 Å². The molecule has 6 nitrogen and oxygen atoms in total. The lowest BCUT2D eigenvalue weighted by molar-refractivity contribution is 0.0951. The van der Waals surface area contributed by atoms with Crippen molar-refractivity contribution in [2.45, 2.75) is 13.1 Å². The van der Waals surface area contributed by atoms with Gasteiger partial charge in [-0.05, 0) is 41.5 Å². The average Bonchev–Trinajstić information content (AvgIpc) is 3.20. The number of methoxy groups -OCH3 is 1. The minimum absolute atomic E-state index is 0.105.